The van der Waals surface area contributed by atoms with Gasteiger partial charge in [-0.3, -0.25) is 14.4 Å². The molecule has 5 heteroatoms. The lowest BCUT2D eigenvalue weighted by atomic mass is 9.99. The second-order valence-corrected chi connectivity index (χ2v) is 6.45. The minimum absolute atomic E-state index is 0.0624. The molecule has 0 unspecified atom stereocenters. The number of ketones is 1. The molecule has 0 bridgehead atoms. The summed E-state index contributed by atoms with van der Waals surface area (Å²) in [5.41, 5.74) is 2.04. The number of benzene rings is 1. The molecule has 1 aliphatic heterocycles. The molecule has 1 aromatic rings. The van der Waals surface area contributed by atoms with Crippen LogP contribution >= 0.6 is 0 Å². The fourth-order valence-corrected chi connectivity index (χ4v) is 3.33. The maximum absolute atomic E-state index is 12.2. The van der Waals surface area contributed by atoms with Crippen molar-refractivity contribution in [1.29, 1.82) is 0 Å². The van der Waals surface area contributed by atoms with Crippen LogP contribution in [0.3, 0.4) is 0 Å². The van der Waals surface area contributed by atoms with Gasteiger partial charge in [-0.05, 0) is 49.4 Å². The molecule has 122 valence electrons. The zero-order valence-corrected chi connectivity index (χ0v) is 13.3. The quantitative estimate of drug-likeness (QED) is 0.669. The molecule has 5 nitrogen and oxygen atoms in total. The summed E-state index contributed by atoms with van der Waals surface area (Å²) in [5.74, 6) is -0.443. The van der Waals surface area contributed by atoms with Crippen molar-refractivity contribution < 1.29 is 19.1 Å². The third kappa shape index (κ3) is 3.44. The Morgan fingerprint density at radius 3 is 2.74 bits per heavy atom. The Morgan fingerprint density at radius 1 is 1.26 bits per heavy atom. The highest BCUT2D eigenvalue weighted by Crippen LogP contribution is 2.32. The van der Waals surface area contributed by atoms with Gasteiger partial charge in [0.25, 0.3) is 0 Å². The number of hydrogen-bond donors (Lipinski definition) is 1. The molecular weight excluding hydrogens is 294 g/mol. The van der Waals surface area contributed by atoms with Crippen molar-refractivity contribution in [2.75, 3.05) is 11.9 Å². The standard InChI is InChI=1S/C18H21NO4/c1-11-14-9-13(6-7-15(14)19-18(11)22)16(20)10-23-17(21)8-12-4-2-3-5-12/h6-7,9,11-12H,2-5,8,10H2,1H3,(H,19,22)/t11-/m1/s1. The van der Waals surface area contributed by atoms with Crippen LogP contribution in [0.25, 0.3) is 0 Å². The van der Waals surface area contributed by atoms with Crippen LogP contribution in [0.2, 0.25) is 0 Å². The van der Waals surface area contributed by atoms with Crippen LogP contribution in [0, 0.1) is 5.92 Å². The van der Waals surface area contributed by atoms with Crippen molar-refractivity contribution >= 4 is 23.3 Å². The predicted molar refractivity (Wildman–Crippen MR) is 85.4 cm³/mol. The Balaban J connectivity index is 1.56. The highest BCUT2D eigenvalue weighted by molar-refractivity contribution is 6.05. The summed E-state index contributed by atoms with van der Waals surface area (Å²) in [5, 5.41) is 2.77. The van der Waals surface area contributed by atoms with Gasteiger partial charge in [-0.25, -0.2) is 0 Å². The van der Waals surface area contributed by atoms with E-state index in [0.29, 0.717) is 17.9 Å². The lowest BCUT2D eigenvalue weighted by Gasteiger charge is -2.09. The number of fused-ring (bicyclic) bond motifs is 1. The van der Waals surface area contributed by atoms with Gasteiger partial charge in [0.15, 0.2) is 12.4 Å². The van der Waals surface area contributed by atoms with Crippen molar-refractivity contribution in [2.24, 2.45) is 5.92 Å². The first-order chi connectivity index (χ1) is 11.0. The van der Waals surface area contributed by atoms with E-state index in [-0.39, 0.29) is 30.2 Å². The highest BCUT2D eigenvalue weighted by Gasteiger charge is 2.27. The number of esters is 1. The SMILES string of the molecule is C[C@H]1C(=O)Nc2ccc(C(=O)COC(=O)CC3CCCC3)cc21. The van der Waals surface area contributed by atoms with Gasteiger partial charge in [0.05, 0.1) is 5.92 Å². The van der Waals surface area contributed by atoms with Crippen LogP contribution in [0.15, 0.2) is 18.2 Å². The predicted octanol–water partition coefficient (Wildman–Crippen LogP) is 3.05. The molecule has 1 amide bonds. The average Bonchev–Trinajstić information content (AvgIpc) is 3.14. The van der Waals surface area contributed by atoms with Crippen molar-refractivity contribution in [3.63, 3.8) is 0 Å². The lowest BCUT2D eigenvalue weighted by Crippen LogP contribution is -2.16. The minimum Gasteiger partial charge on any atom is -0.457 e. The number of Topliss-reactive ketones (excluding diaryl/α,β-unsaturated/α-hetero) is 1. The third-order valence-electron chi connectivity index (χ3n) is 4.79. The van der Waals surface area contributed by atoms with Gasteiger partial charge in [0, 0.05) is 17.7 Å². The van der Waals surface area contributed by atoms with Crippen LogP contribution in [-0.2, 0) is 14.3 Å². The summed E-state index contributed by atoms with van der Waals surface area (Å²) in [6.45, 7) is 1.57. The summed E-state index contributed by atoms with van der Waals surface area (Å²) in [6, 6.07) is 5.10. The third-order valence-corrected chi connectivity index (χ3v) is 4.79. The van der Waals surface area contributed by atoms with Crippen molar-refractivity contribution in [2.45, 2.75) is 44.9 Å². The van der Waals surface area contributed by atoms with Gasteiger partial charge in [-0.15, -0.1) is 0 Å². The number of anilines is 1. The number of hydrogen-bond acceptors (Lipinski definition) is 4. The number of carbonyl (C=O) groups is 3. The fourth-order valence-electron chi connectivity index (χ4n) is 3.33. The molecule has 1 aromatic carbocycles. The molecule has 0 spiro atoms. The normalized spacial score (nSPS) is 20.2. The first-order valence-corrected chi connectivity index (χ1v) is 8.18. The van der Waals surface area contributed by atoms with Gasteiger partial charge in [0.2, 0.25) is 5.91 Å². The zero-order chi connectivity index (χ0) is 16.4. The molecule has 1 aliphatic carbocycles. The van der Waals surface area contributed by atoms with E-state index in [0.717, 1.165) is 24.1 Å². The smallest absolute Gasteiger partial charge is 0.306 e. The minimum atomic E-state index is -0.295. The number of rotatable bonds is 5. The fraction of sp³-hybridized carbons (Fsp3) is 0.500. The Morgan fingerprint density at radius 2 is 2.00 bits per heavy atom. The number of amides is 1. The first-order valence-electron chi connectivity index (χ1n) is 8.18. The first kappa shape index (κ1) is 15.7. The zero-order valence-electron chi connectivity index (χ0n) is 13.3. The number of carbonyl (C=O) groups excluding carboxylic acids is 3. The monoisotopic (exact) mass is 315 g/mol. The Labute approximate surface area is 135 Å². The number of ether oxygens (including phenoxy) is 1. The molecule has 1 saturated carbocycles. The lowest BCUT2D eigenvalue weighted by molar-refractivity contribution is -0.143. The summed E-state index contributed by atoms with van der Waals surface area (Å²) in [7, 11) is 0. The second-order valence-electron chi connectivity index (χ2n) is 6.45. The molecule has 2 aliphatic rings. The summed E-state index contributed by atoms with van der Waals surface area (Å²) >= 11 is 0. The molecule has 0 saturated heterocycles. The van der Waals surface area contributed by atoms with Crippen LogP contribution in [0.4, 0.5) is 5.69 Å². The van der Waals surface area contributed by atoms with Gasteiger partial charge >= 0.3 is 5.97 Å². The summed E-state index contributed by atoms with van der Waals surface area (Å²) < 4.78 is 5.12. The Kier molecular flexibility index (Phi) is 4.46. The van der Waals surface area contributed by atoms with Crippen molar-refractivity contribution in [1.82, 2.24) is 0 Å². The van der Waals surface area contributed by atoms with Crippen molar-refractivity contribution in [3.8, 4) is 0 Å². The van der Waals surface area contributed by atoms with E-state index < -0.39 is 0 Å². The molecule has 3 rings (SSSR count). The largest absolute Gasteiger partial charge is 0.457 e. The molecule has 1 heterocycles. The average molecular weight is 315 g/mol. The van der Waals surface area contributed by atoms with E-state index >= 15 is 0 Å². The van der Waals surface area contributed by atoms with Gasteiger partial charge in [-0.1, -0.05) is 12.8 Å². The molecule has 0 aromatic heterocycles. The van der Waals surface area contributed by atoms with E-state index in [9.17, 15) is 14.4 Å². The molecule has 0 radical (unpaired) electrons. The number of nitrogens with one attached hydrogen (secondary N) is 1. The van der Waals surface area contributed by atoms with Crippen LogP contribution in [0.5, 0.6) is 0 Å². The van der Waals surface area contributed by atoms with E-state index in [1.54, 1.807) is 25.1 Å². The Hall–Kier alpha value is -2.17. The van der Waals surface area contributed by atoms with Crippen LogP contribution in [0.1, 0.15) is 60.9 Å². The topological polar surface area (TPSA) is 72.5 Å². The van der Waals surface area contributed by atoms with E-state index in [1.807, 2.05) is 0 Å². The molecule has 1 N–H and O–H groups in total. The van der Waals surface area contributed by atoms with Gasteiger partial charge in [0.1, 0.15) is 0 Å². The van der Waals surface area contributed by atoms with Gasteiger partial charge in [-0.2, -0.15) is 0 Å². The van der Waals surface area contributed by atoms with E-state index in [1.165, 1.54) is 12.8 Å². The molecule has 23 heavy (non-hydrogen) atoms. The highest BCUT2D eigenvalue weighted by atomic mass is 16.5. The van der Waals surface area contributed by atoms with Crippen molar-refractivity contribution in [3.05, 3.63) is 29.3 Å². The summed E-state index contributed by atoms with van der Waals surface area (Å²) in [6.07, 6.45) is 4.92. The van der Waals surface area contributed by atoms with E-state index in [2.05, 4.69) is 5.32 Å². The summed E-state index contributed by atoms with van der Waals surface area (Å²) in [4.78, 5) is 35.6. The molecule has 1 atom stereocenters. The van der Waals surface area contributed by atoms with Crippen LogP contribution in [-0.4, -0.2) is 24.3 Å². The maximum atomic E-state index is 12.2. The Bertz CT molecular complexity index is 646. The van der Waals surface area contributed by atoms with Crippen LogP contribution < -0.4 is 5.32 Å². The molecular formula is C18H21NO4. The maximum Gasteiger partial charge on any atom is 0.306 e. The van der Waals surface area contributed by atoms with Gasteiger partial charge < -0.3 is 10.1 Å². The molecule has 1 fully saturated rings. The van der Waals surface area contributed by atoms with E-state index in [4.69, 9.17) is 4.74 Å². The second kappa shape index (κ2) is 6.52.